The van der Waals surface area contributed by atoms with E-state index in [1.807, 2.05) is 6.92 Å². The largest absolute Gasteiger partial charge is 0.348 e. The van der Waals surface area contributed by atoms with Gasteiger partial charge in [0.25, 0.3) is 0 Å². The van der Waals surface area contributed by atoms with Crippen LogP contribution in [0.4, 0.5) is 0 Å². The number of carbonyl (C=O) groups excluding carboxylic acids is 1. The first-order valence-electron chi connectivity index (χ1n) is 7.01. The fourth-order valence-corrected chi connectivity index (χ4v) is 2.64. The van der Waals surface area contributed by atoms with E-state index in [0.717, 1.165) is 10.7 Å². The van der Waals surface area contributed by atoms with Crippen molar-refractivity contribution in [2.45, 2.75) is 18.2 Å². The van der Waals surface area contributed by atoms with Crippen LogP contribution in [0.3, 0.4) is 0 Å². The second-order valence-corrected chi connectivity index (χ2v) is 7.14. The summed E-state index contributed by atoms with van der Waals surface area (Å²) in [6.07, 6.45) is 0.800. The third-order valence-electron chi connectivity index (χ3n) is 3.05. The number of rotatable bonds is 6. The lowest BCUT2D eigenvalue weighted by Gasteiger charge is -2.11. The van der Waals surface area contributed by atoms with Crippen LogP contribution in [0.1, 0.15) is 24.0 Å². The van der Waals surface area contributed by atoms with Crippen LogP contribution in [0.15, 0.2) is 33.7 Å². The van der Waals surface area contributed by atoms with Gasteiger partial charge in [0.05, 0.1) is 4.90 Å². The van der Waals surface area contributed by atoms with Crippen LogP contribution in [0.2, 0.25) is 0 Å². The molecule has 8 nitrogen and oxygen atoms in total. The van der Waals surface area contributed by atoms with E-state index in [1.54, 1.807) is 12.1 Å². The normalized spacial score (nSPS) is 11.7. The predicted molar refractivity (Wildman–Crippen MR) is 83.2 cm³/mol. The Kier molecular flexibility index (Phi) is 5.12. The van der Waals surface area contributed by atoms with Gasteiger partial charge < -0.3 is 9.84 Å². The second kappa shape index (κ2) is 6.88. The van der Waals surface area contributed by atoms with Gasteiger partial charge in [-0.05, 0) is 30.7 Å². The fraction of sp³-hybridized carbons (Fsp3) is 0.357. The summed E-state index contributed by atoms with van der Waals surface area (Å²) >= 11 is 0. The van der Waals surface area contributed by atoms with Crippen molar-refractivity contribution in [2.75, 3.05) is 20.6 Å². The van der Waals surface area contributed by atoms with E-state index in [0.29, 0.717) is 12.1 Å². The molecule has 0 radical (unpaired) electrons. The van der Waals surface area contributed by atoms with E-state index in [9.17, 15) is 13.2 Å². The lowest BCUT2D eigenvalue weighted by Crippen LogP contribution is -2.24. The standard InChI is InChI=1S/C14H18N4O4S/c1-4-9-15-13(19)14-16-12(17-22-14)10-5-7-11(8-6-10)23(20,21)18(2)3/h5-8H,4,9H2,1-3H3,(H,15,19). The summed E-state index contributed by atoms with van der Waals surface area (Å²) in [6, 6.07) is 6.04. The number of hydrogen-bond donors (Lipinski definition) is 1. The van der Waals surface area contributed by atoms with Gasteiger partial charge in [0, 0.05) is 26.2 Å². The maximum Gasteiger partial charge on any atom is 0.316 e. The molecule has 0 fully saturated rings. The van der Waals surface area contributed by atoms with Crippen LogP contribution in [0, 0.1) is 0 Å². The highest BCUT2D eigenvalue weighted by Gasteiger charge is 2.19. The maximum absolute atomic E-state index is 12.0. The topological polar surface area (TPSA) is 105 Å². The summed E-state index contributed by atoms with van der Waals surface area (Å²) in [5.74, 6) is -0.337. The van der Waals surface area contributed by atoms with E-state index >= 15 is 0 Å². The van der Waals surface area contributed by atoms with Crippen LogP contribution in [-0.2, 0) is 10.0 Å². The Morgan fingerprint density at radius 2 is 1.91 bits per heavy atom. The van der Waals surface area contributed by atoms with Crippen LogP contribution in [0.5, 0.6) is 0 Å². The van der Waals surface area contributed by atoms with Crippen LogP contribution < -0.4 is 5.32 Å². The zero-order valence-corrected chi connectivity index (χ0v) is 13.9. The molecule has 2 aromatic rings. The zero-order chi connectivity index (χ0) is 17.0. The van der Waals surface area contributed by atoms with Gasteiger partial charge in [0.15, 0.2) is 0 Å². The Labute approximate surface area is 134 Å². The smallest absolute Gasteiger partial charge is 0.316 e. The minimum atomic E-state index is -3.49. The van der Waals surface area contributed by atoms with Crippen molar-refractivity contribution in [1.29, 1.82) is 0 Å². The summed E-state index contributed by atoms with van der Waals surface area (Å²) in [6.45, 7) is 2.45. The minimum Gasteiger partial charge on any atom is -0.348 e. The third-order valence-corrected chi connectivity index (χ3v) is 4.88. The summed E-state index contributed by atoms with van der Waals surface area (Å²) in [4.78, 5) is 15.9. The number of carbonyl (C=O) groups is 1. The van der Waals surface area contributed by atoms with Crippen molar-refractivity contribution in [3.63, 3.8) is 0 Å². The Bertz CT molecular complexity index is 781. The highest BCUT2D eigenvalue weighted by molar-refractivity contribution is 7.89. The predicted octanol–water partition coefficient (Wildman–Crippen LogP) is 1.13. The fourth-order valence-electron chi connectivity index (χ4n) is 1.73. The van der Waals surface area contributed by atoms with Crippen molar-refractivity contribution < 1.29 is 17.7 Å². The summed E-state index contributed by atoms with van der Waals surface area (Å²) in [7, 11) is -0.566. The number of nitrogens with zero attached hydrogens (tertiary/aromatic N) is 3. The molecule has 0 aliphatic heterocycles. The SMILES string of the molecule is CCCNC(=O)c1nc(-c2ccc(S(=O)(=O)N(C)C)cc2)no1. The lowest BCUT2D eigenvalue weighted by molar-refractivity contribution is 0.0910. The average Bonchev–Trinajstić information content (AvgIpc) is 3.02. The molecule has 124 valence electrons. The highest BCUT2D eigenvalue weighted by Crippen LogP contribution is 2.20. The second-order valence-electron chi connectivity index (χ2n) is 4.99. The van der Waals surface area contributed by atoms with Gasteiger partial charge >= 0.3 is 11.8 Å². The number of amides is 1. The number of hydrogen-bond acceptors (Lipinski definition) is 6. The number of sulfonamides is 1. The third kappa shape index (κ3) is 3.74. The summed E-state index contributed by atoms with van der Waals surface area (Å²) in [5, 5.41) is 6.37. The molecule has 0 unspecified atom stereocenters. The van der Waals surface area contributed by atoms with Crippen LogP contribution in [-0.4, -0.2) is 49.4 Å². The molecular formula is C14H18N4O4S. The maximum atomic E-state index is 12.0. The van der Waals surface area contributed by atoms with Gasteiger partial charge in [-0.1, -0.05) is 12.1 Å². The summed E-state index contributed by atoms with van der Waals surface area (Å²) < 4.78 is 30.0. The molecule has 2 rings (SSSR count). The molecule has 0 saturated heterocycles. The molecule has 0 aliphatic carbocycles. The van der Waals surface area contributed by atoms with Crippen LogP contribution in [0.25, 0.3) is 11.4 Å². The molecule has 1 heterocycles. The van der Waals surface area contributed by atoms with Gasteiger partial charge in [-0.2, -0.15) is 4.98 Å². The molecule has 0 atom stereocenters. The van der Waals surface area contributed by atoms with Crippen molar-refractivity contribution in [3.05, 3.63) is 30.2 Å². The van der Waals surface area contributed by atoms with Gasteiger partial charge in [0.2, 0.25) is 15.8 Å². The molecule has 0 spiro atoms. The first-order valence-corrected chi connectivity index (χ1v) is 8.45. The van der Waals surface area contributed by atoms with E-state index in [1.165, 1.54) is 26.2 Å². The molecule has 0 aliphatic rings. The molecular weight excluding hydrogens is 320 g/mol. The molecule has 1 aromatic heterocycles. The Morgan fingerprint density at radius 3 is 2.48 bits per heavy atom. The number of nitrogens with one attached hydrogen (secondary N) is 1. The quantitative estimate of drug-likeness (QED) is 0.846. The van der Waals surface area contributed by atoms with Gasteiger partial charge in [-0.3, -0.25) is 4.79 Å². The van der Waals surface area contributed by atoms with E-state index < -0.39 is 15.9 Å². The molecule has 9 heteroatoms. The summed E-state index contributed by atoms with van der Waals surface area (Å²) in [5.41, 5.74) is 0.556. The van der Waals surface area contributed by atoms with Crippen molar-refractivity contribution in [2.24, 2.45) is 0 Å². The first-order chi connectivity index (χ1) is 10.9. The Hall–Kier alpha value is -2.26. The van der Waals surface area contributed by atoms with Gasteiger partial charge in [-0.25, -0.2) is 12.7 Å². The monoisotopic (exact) mass is 338 g/mol. The van der Waals surface area contributed by atoms with Crippen molar-refractivity contribution in [1.82, 2.24) is 19.8 Å². The Balaban J connectivity index is 2.21. The number of benzene rings is 1. The van der Waals surface area contributed by atoms with E-state index in [-0.39, 0.29) is 16.6 Å². The molecule has 1 aromatic carbocycles. The van der Waals surface area contributed by atoms with Crippen molar-refractivity contribution >= 4 is 15.9 Å². The molecule has 0 saturated carbocycles. The van der Waals surface area contributed by atoms with Gasteiger partial charge in [0.1, 0.15) is 0 Å². The average molecular weight is 338 g/mol. The van der Waals surface area contributed by atoms with E-state index in [4.69, 9.17) is 4.52 Å². The Morgan fingerprint density at radius 1 is 1.26 bits per heavy atom. The minimum absolute atomic E-state index is 0.126. The number of aromatic nitrogens is 2. The first kappa shape index (κ1) is 17.1. The highest BCUT2D eigenvalue weighted by atomic mass is 32.2. The molecule has 1 amide bonds. The zero-order valence-electron chi connectivity index (χ0n) is 13.1. The van der Waals surface area contributed by atoms with Crippen molar-refractivity contribution in [3.8, 4) is 11.4 Å². The van der Waals surface area contributed by atoms with Crippen LogP contribution >= 0.6 is 0 Å². The van der Waals surface area contributed by atoms with E-state index in [2.05, 4.69) is 15.5 Å². The molecule has 1 N–H and O–H groups in total. The molecule has 23 heavy (non-hydrogen) atoms. The molecule has 0 bridgehead atoms. The van der Waals surface area contributed by atoms with Gasteiger partial charge in [-0.15, -0.1) is 0 Å². The lowest BCUT2D eigenvalue weighted by atomic mass is 10.2.